The van der Waals surface area contributed by atoms with Crippen LogP contribution in [0.25, 0.3) is 0 Å². The molecule has 0 saturated heterocycles. The van der Waals surface area contributed by atoms with Crippen LogP contribution in [0.3, 0.4) is 0 Å². The Hall–Kier alpha value is -1.52. The van der Waals surface area contributed by atoms with Crippen LogP contribution in [0.15, 0.2) is 27.6 Å². The first-order valence-corrected chi connectivity index (χ1v) is 7.98. The second kappa shape index (κ2) is 6.50. The molecule has 0 aliphatic carbocycles. The van der Waals surface area contributed by atoms with E-state index in [0.717, 1.165) is 12.1 Å². The Morgan fingerprint density at radius 3 is 2.48 bits per heavy atom. The Bertz CT molecular complexity index is 673. The van der Waals surface area contributed by atoms with E-state index in [2.05, 4.69) is 15.9 Å². The summed E-state index contributed by atoms with van der Waals surface area (Å²) in [5.41, 5.74) is -0.603. The fourth-order valence-corrected chi connectivity index (χ4v) is 3.93. The van der Waals surface area contributed by atoms with Crippen molar-refractivity contribution in [2.45, 2.75) is 24.8 Å². The molecule has 10 heteroatoms. The maximum absolute atomic E-state index is 12.5. The van der Waals surface area contributed by atoms with Gasteiger partial charge in [0.05, 0.1) is 4.92 Å². The van der Waals surface area contributed by atoms with Crippen LogP contribution in [-0.2, 0) is 14.8 Å². The van der Waals surface area contributed by atoms with Gasteiger partial charge in [0.25, 0.3) is 15.7 Å². The molecule has 0 spiro atoms. The molecule has 1 rings (SSSR count). The summed E-state index contributed by atoms with van der Waals surface area (Å²) in [5.74, 6) is -1.34. The predicted octanol–water partition coefficient (Wildman–Crippen LogP) is 1.84. The van der Waals surface area contributed by atoms with E-state index >= 15 is 0 Å². The molecule has 21 heavy (non-hydrogen) atoms. The number of rotatable bonds is 6. The summed E-state index contributed by atoms with van der Waals surface area (Å²) in [6.07, 6.45) is 0. The Morgan fingerprint density at radius 1 is 1.48 bits per heavy atom. The van der Waals surface area contributed by atoms with Crippen molar-refractivity contribution < 1.29 is 23.2 Å². The van der Waals surface area contributed by atoms with Crippen molar-refractivity contribution in [1.82, 2.24) is 4.31 Å². The number of carboxylic acid groups (broad SMARTS) is 1. The molecule has 0 aromatic heterocycles. The van der Waals surface area contributed by atoms with Crippen LogP contribution in [0, 0.1) is 10.1 Å². The molecule has 0 aliphatic rings. The van der Waals surface area contributed by atoms with Crippen LogP contribution in [-0.4, -0.2) is 41.3 Å². The number of hydrogen-bond acceptors (Lipinski definition) is 5. The first-order valence-electron chi connectivity index (χ1n) is 5.75. The molecule has 1 aromatic carbocycles. The van der Waals surface area contributed by atoms with E-state index in [9.17, 15) is 23.3 Å². The van der Waals surface area contributed by atoms with E-state index in [0.29, 0.717) is 8.78 Å². The lowest BCUT2D eigenvalue weighted by Gasteiger charge is -2.24. The third-order valence-corrected chi connectivity index (χ3v) is 5.12. The number of carbonyl (C=O) groups is 1. The van der Waals surface area contributed by atoms with Crippen molar-refractivity contribution in [3.8, 4) is 0 Å². The average Bonchev–Trinajstić information content (AvgIpc) is 2.34. The highest BCUT2D eigenvalue weighted by atomic mass is 79.9. The Balaban J connectivity index is 3.51. The fraction of sp³-hybridized carbons (Fsp3) is 0.364. The number of nitrogens with zero attached hydrogens (tertiary/aromatic N) is 2. The molecule has 0 amide bonds. The minimum Gasteiger partial charge on any atom is -0.480 e. The number of halogens is 1. The molecular weight excluding hydrogens is 368 g/mol. The van der Waals surface area contributed by atoms with E-state index in [1.54, 1.807) is 0 Å². The van der Waals surface area contributed by atoms with Gasteiger partial charge >= 0.3 is 5.97 Å². The summed E-state index contributed by atoms with van der Waals surface area (Å²) in [4.78, 5) is 20.4. The number of hydrogen-bond donors (Lipinski definition) is 1. The molecule has 0 fully saturated rings. The molecular formula is C11H13BrN2O6S. The van der Waals surface area contributed by atoms with E-state index in [1.165, 1.54) is 19.9 Å². The van der Waals surface area contributed by atoms with Crippen LogP contribution in [0.2, 0.25) is 0 Å². The van der Waals surface area contributed by atoms with Crippen molar-refractivity contribution in [1.29, 1.82) is 0 Å². The number of carboxylic acids is 1. The van der Waals surface area contributed by atoms with Crippen LogP contribution in [0.4, 0.5) is 5.69 Å². The highest BCUT2D eigenvalue weighted by molar-refractivity contribution is 9.10. The van der Waals surface area contributed by atoms with Gasteiger partial charge in [-0.15, -0.1) is 0 Å². The zero-order valence-corrected chi connectivity index (χ0v) is 13.6. The number of nitro benzene ring substituents is 1. The molecule has 116 valence electrons. The number of sulfonamides is 1. The first-order chi connectivity index (χ1) is 9.57. The SMILES string of the molecule is CC(C)N(CC(=O)O)S(=O)(=O)c1cc(Br)ccc1[N+](=O)[O-]. The summed E-state index contributed by atoms with van der Waals surface area (Å²) in [6.45, 7) is 2.21. The number of nitro groups is 1. The van der Waals surface area contributed by atoms with Crippen LogP contribution < -0.4 is 0 Å². The molecule has 8 nitrogen and oxygen atoms in total. The van der Waals surface area contributed by atoms with Gasteiger partial charge in [-0.3, -0.25) is 14.9 Å². The minimum atomic E-state index is -4.31. The quantitative estimate of drug-likeness (QED) is 0.594. The van der Waals surface area contributed by atoms with E-state index < -0.39 is 44.1 Å². The van der Waals surface area contributed by atoms with E-state index in [1.807, 2.05) is 0 Å². The Kier molecular flexibility index (Phi) is 5.42. The van der Waals surface area contributed by atoms with Gasteiger partial charge < -0.3 is 5.11 Å². The standard InChI is InChI=1S/C11H13BrN2O6S/c1-7(2)13(6-11(15)16)21(19,20)10-5-8(12)3-4-9(10)14(17)18/h3-5,7H,6H2,1-2H3,(H,15,16). The molecule has 0 aliphatic heterocycles. The summed E-state index contributed by atoms with van der Waals surface area (Å²) in [7, 11) is -4.31. The second-order valence-electron chi connectivity index (χ2n) is 4.41. The third-order valence-electron chi connectivity index (χ3n) is 2.57. The topological polar surface area (TPSA) is 118 Å². The lowest BCUT2D eigenvalue weighted by atomic mass is 10.3. The average molecular weight is 381 g/mol. The monoisotopic (exact) mass is 380 g/mol. The van der Waals surface area contributed by atoms with Crippen LogP contribution in [0.5, 0.6) is 0 Å². The molecule has 0 radical (unpaired) electrons. The van der Waals surface area contributed by atoms with Crippen molar-refractivity contribution in [2.24, 2.45) is 0 Å². The number of benzene rings is 1. The van der Waals surface area contributed by atoms with Gasteiger partial charge in [0.1, 0.15) is 6.54 Å². The highest BCUT2D eigenvalue weighted by Crippen LogP contribution is 2.30. The molecule has 0 bridgehead atoms. The highest BCUT2D eigenvalue weighted by Gasteiger charge is 2.34. The normalized spacial score (nSPS) is 11.9. The van der Waals surface area contributed by atoms with Gasteiger partial charge in [-0.2, -0.15) is 4.31 Å². The van der Waals surface area contributed by atoms with Crippen molar-refractivity contribution in [3.05, 3.63) is 32.8 Å². The third kappa shape index (κ3) is 3.99. The van der Waals surface area contributed by atoms with Crippen molar-refractivity contribution in [3.63, 3.8) is 0 Å². The molecule has 0 saturated carbocycles. The Labute approximate surface area is 129 Å². The lowest BCUT2D eigenvalue weighted by Crippen LogP contribution is -2.40. The summed E-state index contributed by atoms with van der Waals surface area (Å²) < 4.78 is 26.1. The second-order valence-corrected chi connectivity index (χ2v) is 7.18. The van der Waals surface area contributed by atoms with Crippen molar-refractivity contribution >= 4 is 37.6 Å². The lowest BCUT2D eigenvalue weighted by molar-refractivity contribution is -0.387. The van der Waals surface area contributed by atoms with E-state index in [-0.39, 0.29) is 0 Å². The van der Waals surface area contributed by atoms with Crippen molar-refractivity contribution in [2.75, 3.05) is 6.54 Å². The Morgan fingerprint density at radius 2 is 2.05 bits per heavy atom. The maximum Gasteiger partial charge on any atom is 0.318 e. The minimum absolute atomic E-state index is 0.339. The van der Waals surface area contributed by atoms with Gasteiger partial charge in [-0.1, -0.05) is 15.9 Å². The first kappa shape index (κ1) is 17.5. The van der Waals surface area contributed by atoms with Gasteiger partial charge in [0, 0.05) is 16.6 Å². The van der Waals surface area contributed by atoms with Crippen LogP contribution >= 0.6 is 15.9 Å². The predicted molar refractivity (Wildman–Crippen MR) is 77.5 cm³/mol. The molecule has 0 atom stereocenters. The summed E-state index contributed by atoms with van der Waals surface area (Å²) in [5, 5.41) is 19.8. The maximum atomic E-state index is 12.5. The largest absolute Gasteiger partial charge is 0.480 e. The van der Waals surface area contributed by atoms with Gasteiger partial charge in [-0.25, -0.2) is 8.42 Å². The molecule has 1 N–H and O–H groups in total. The van der Waals surface area contributed by atoms with Crippen LogP contribution in [0.1, 0.15) is 13.8 Å². The molecule has 0 unspecified atom stereocenters. The summed E-state index contributed by atoms with van der Waals surface area (Å²) in [6, 6.07) is 2.82. The zero-order chi connectivity index (χ0) is 16.4. The number of aliphatic carboxylic acids is 1. The van der Waals surface area contributed by atoms with Gasteiger partial charge in [0.15, 0.2) is 4.90 Å². The van der Waals surface area contributed by atoms with Gasteiger partial charge in [0.2, 0.25) is 0 Å². The molecule has 0 heterocycles. The molecule has 1 aromatic rings. The summed E-state index contributed by atoms with van der Waals surface area (Å²) >= 11 is 3.05. The van der Waals surface area contributed by atoms with E-state index in [4.69, 9.17) is 5.11 Å². The zero-order valence-electron chi connectivity index (χ0n) is 11.2. The fourth-order valence-electron chi connectivity index (χ4n) is 1.65. The van der Waals surface area contributed by atoms with Gasteiger partial charge in [-0.05, 0) is 26.0 Å². The smallest absolute Gasteiger partial charge is 0.318 e.